The van der Waals surface area contributed by atoms with Crippen LogP contribution in [0.1, 0.15) is 0 Å². The fourth-order valence-electron chi connectivity index (χ4n) is 1.88. The Labute approximate surface area is 114 Å². The molecule has 5 N–H and O–H groups in total. The molecule has 2 rings (SSSR count). The minimum absolute atomic E-state index is 0.110. The van der Waals surface area contributed by atoms with Crippen LogP contribution in [0.2, 0.25) is 5.15 Å². The number of nitrogens with one attached hydrogen (secondary N) is 1. The van der Waals surface area contributed by atoms with Gasteiger partial charge in [0.15, 0.2) is 17.3 Å². The molecular weight excluding hydrogens is 276 g/mol. The lowest BCUT2D eigenvalue weighted by molar-refractivity contribution is -0.129. The van der Waals surface area contributed by atoms with Crippen molar-refractivity contribution < 1.29 is 19.7 Å². The summed E-state index contributed by atoms with van der Waals surface area (Å²) >= 11 is 5.78. The number of rotatable bonds is 4. The summed E-state index contributed by atoms with van der Waals surface area (Å²) < 4.78 is 10.4. The van der Waals surface area contributed by atoms with Gasteiger partial charge in [-0.15, -0.1) is 0 Å². The standard InChI is InChI=1S/C10H15ClN4O4/c1-18-10-6(7(17)4(2-16)19-10)15-9-5(12)8(11)13-3-14-9/h3-4,6-7,10,16-17H,2,12H2,1H3,(H,13,14,15)/t4-,6+,7-,10+/m1/s1. The molecule has 19 heavy (non-hydrogen) atoms. The molecule has 1 aliphatic rings. The maximum atomic E-state index is 10.0. The van der Waals surface area contributed by atoms with E-state index in [1.165, 1.54) is 13.4 Å². The minimum atomic E-state index is -0.969. The van der Waals surface area contributed by atoms with E-state index in [9.17, 15) is 5.11 Å². The Hall–Kier alpha value is -1.19. The molecule has 1 aromatic rings. The van der Waals surface area contributed by atoms with Gasteiger partial charge >= 0.3 is 0 Å². The van der Waals surface area contributed by atoms with Crippen molar-refractivity contribution >= 4 is 23.1 Å². The quantitative estimate of drug-likeness (QED) is 0.533. The Morgan fingerprint density at radius 3 is 2.95 bits per heavy atom. The molecule has 0 aromatic carbocycles. The molecule has 0 unspecified atom stereocenters. The van der Waals surface area contributed by atoms with Crippen molar-refractivity contribution in [1.29, 1.82) is 0 Å². The Morgan fingerprint density at radius 1 is 1.58 bits per heavy atom. The summed E-state index contributed by atoms with van der Waals surface area (Å²) in [6.45, 7) is -0.320. The largest absolute Gasteiger partial charge is 0.394 e. The number of aromatic nitrogens is 2. The van der Waals surface area contributed by atoms with Gasteiger partial charge in [0.2, 0.25) is 0 Å². The number of ether oxygens (including phenoxy) is 2. The number of nitrogens with zero attached hydrogens (tertiary/aromatic N) is 2. The smallest absolute Gasteiger partial charge is 0.180 e. The summed E-state index contributed by atoms with van der Waals surface area (Å²) in [7, 11) is 1.43. The van der Waals surface area contributed by atoms with E-state index in [4.69, 9.17) is 31.9 Å². The fourth-order valence-corrected chi connectivity index (χ4v) is 2.02. The van der Waals surface area contributed by atoms with Crippen molar-refractivity contribution in [3.05, 3.63) is 11.5 Å². The first-order chi connectivity index (χ1) is 9.08. The van der Waals surface area contributed by atoms with Gasteiger partial charge in [-0.2, -0.15) is 0 Å². The van der Waals surface area contributed by atoms with Gasteiger partial charge in [-0.05, 0) is 0 Å². The lowest BCUT2D eigenvalue weighted by atomic mass is 10.1. The summed E-state index contributed by atoms with van der Waals surface area (Å²) in [5, 5.41) is 22.1. The van der Waals surface area contributed by atoms with Crippen molar-refractivity contribution in [3.8, 4) is 0 Å². The zero-order valence-corrected chi connectivity index (χ0v) is 10.9. The molecule has 1 aliphatic heterocycles. The monoisotopic (exact) mass is 290 g/mol. The predicted molar refractivity (Wildman–Crippen MR) is 67.6 cm³/mol. The van der Waals surface area contributed by atoms with Crippen molar-refractivity contribution in [3.63, 3.8) is 0 Å². The highest BCUT2D eigenvalue weighted by molar-refractivity contribution is 6.32. The number of nitrogen functional groups attached to an aromatic ring is 1. The number of hydrogen-bond acceptors (Lipinski definition) is 8. The highest BCUT2D eigenvalue weighted by Crippen LogP contribution is 2.28. The maximum absolute atomic E-state index is 10.0. The average molecular weight is 291 g/mol. The molecule has 8 nitrogen and oxygen atoms in total. The van der Waals surface area contributed by atoms with Crippen molar-refractivity contribution in [1.82, 2.24) is 9.97 Å². The van der Waals surface area contributed by atoms with Crippen LogP contribution in [0.25, 0.3) is 0 Å². The number of hydrogen-bond donors (Lipinski definition) is 4. The molecule has 0 spiro atoms. The minimum Gasteiger partial charge on any atom is -0.394 e. The van der Waals surface area contributed by atoms with Gasteiger partial charge in [0.1, 0.15) is 30.3 Å². The van der Waals surface area contributed by atoms with Gasteiger partial charge in [0, 0.05) is 7.11 Å². The van der Waals surface area contributed by atoms with E-state index in [1.54, 1.807) is 0 Å². The Kier molecular flexibility index (Phi) is 4.38. The number of halogens is 1. The van der Waals surface area contributed by atoms with Crippen LogP contribution >= 0.6 is 11.6 Å². The molecule has 0 saturated carbocycles. The topological polar surface area (TPSA) is 123 Å². The van der Waals surface area contributed by atoms with Crippen LogP contribution in [-0.2, 0) is 9.47 Å². The molecule has 0 aliphatic carbocycles. The van der Waals surface area contributed by atoms with E-state index < -0.39 is 24.5 Å². The molecule has 4 atom stereocenters. The van der Waals surface area contributed by atoms with Crippen LogP contribution in [0.5, 0.6) is 0 Å². The SMILES string of the molecule is CO[C@H]1O[C@H](CO)[C@@H](O)[C@@H]1Nc1ncnc(Cl)c1N. The van der Waals surface area contributed by atoms with Gasteiger partial charge in [0.05, 0.1) is 6.61 Å². The normalized spacial score (nSPS) is 30.5. The zero-order chi connectivity index (χ0) is 14.0. The van der Waals surface area contributed by atoms with Crippen molar-refractivity contribution in [2.45, 2.75) is 24.5 Å². The molecule has 1 saturated heterocycles. The van der Waals surface area contributed by atoms with E-state index in [0.717, 1.165) is 0 Å². The Bertz CT molecular complexity index is 448. The van der Waals surface area contributed by atoms with Crippen LogP contribution in [0.3, 0.4) is 0 Å². The lowest BCUT2D eigenvalue weighted by Crippen LogP contribution is -2.41. The van der Waals surface area contributed by atoms with E-state index in [-0.39, 0.29) is 23.3 Å². The second kappa shape index (κ2) is 5.85. The third kappa shape index (κ3) is 2.72. The van der Waals surface area contributed by atoms with Crippen LogP contribution in [0.15, 0.2) is 6.33 Å². The Morgan fingerprint density at radius 2 is 2.32 bits per heavy atom. The fraction of sp³-hybridized carbons (Fsp3) is 0.600. The second-order valence-corrected chi connectivity index (χ2v) is 4.41. The summed E-state index contributed by atoms with van der Waals surface area (Å²) in [5.74, 6) is 0.272. The molecule has 0 radical (unpaired) electrons. The first kappa shape index (κ1) is 14.2. The molecule has 2 heterocycles. The predicted octanol–water partition coefficient (Wildman–Crippen LogP) is -0.783. The van der Waals surface area contributed by atoms with E-state index in [2.05, 4.69) is 15.3 Å². The summed E-state index contributed by atoms with van der Waals surface area (Å²) in [6.07, 6.45) is -1.20. The number of aliphatic hydroxyl groups excluding tert-OH is 2. The van der Waals surface area contributed by atoms with E-state index >= 15 is 0 Å². The third-order valence-electron chi connectivity index (χ3n) is 2.90. The van der Waals surface area contributed by atoms with Crippen LogP contribution in [0.4, 0.5) is 11.5 Å². The molecular formula is C10H15ClN4O4. The van der Waals surface area contributed by atoms with Gasteiger partial charge in [0.25, 0.3) is 0 Å². The first-order valence-corrected chi connectivity index (χ1v) is 5.96. The summed E-state index contributed by atoms with van der Waals surface area (Å²) in [4.78, 5) is 7.67. The van der Waals surface area contributed by atoms with E-state index in [0.29, 0.717) is 0 Å². The molecule has 1 aromatic heterocycles. The van der Waals surface area contributed by atoms with Gasteiger partial charge in [-0.1, -0.05) is 11.6 Å². The molecule has 0 amide bonds. The number of methoxy groups -OCH3 is 1. The maximum Gasteiger partial charge on any atom is 0.180 e. The highest BCUT2D eigenvalue weighted by atomic mass is 35.5. The lowest BCUT2D eigenvalue weighted by Gasteiger charge is -2.21. The number of aliphatic hydroxyl groups is 2. The van der Waals surface area contributed by atoms with E-state index in [1.807, 2.05) is 0 Å². The van der Waals surface area contributed by atoms with Gasteiger partial charge < -0.3 is 30.7 Å². The second-order valence-electron chi connectivity index (χ2n) is 4.05. The molecule has 106 valence electrons. The van der Waals surface area contributed by atoms with Gasteiger partial charge in [-0.3, -0.25) is 0 Å². The molecule has 1 fully saturated rings. The van der Waals surface area contributed by atoms with Crippen LogP contribution in [0, 0.1) is 0 Å². The zero-order valence-electron chi connectivity index (χ0n) is 10.2. The molecule has 0 bridgehead atoms. The number of nitrogens with two attached hydrogens (primary N) is 1. The summed E-state index contributed by atoms with van der Waals surface area (Å²) in [6, 6.07) is -0.629. The van der Waals surface area contributed by atoms with Gasteiger partial charge in [-0.25, -0.2) is 9.97 Å². The highest BCUT2D eigenvalue weighted by Gasteiger charge is 2.44. The average Bonchev–Trinajstić information content (AvgIpc) is 2.71. The summed E-state index contributed by atoms with van der Waals surface area (Å²) in [5.41, 5.74) is 5.89. The van der Waals surface area contributed by atoms with Crippen LogP contribution < -0.4 is 11.1 Å². The first-order valence-electron chi connectivity index (χ1n) is 5.58. The third-order valence-corrected chi connectivity index (χ3v) is 3.20. The Balaban J connectivity index is 2.19. The van der Waals surface area contributed by atoms with Crippen LogP contribution in [-0.4, -0.2) is 58.4 Å². The van der Waals surface area contributed by atoms with Crippen molar-refractivity contribution in [2.24, 2.45) is 0 Å². The molecule has 9 heteroatoms. The number of anilines is 2. The van der Waals surface area contributed by atoms with Crippen molar-refractivity contribution in [2.75, 3.05) is 24.8 Å².